The molecule has 0 fully saturated rings. The van der Waals surface area contributed by atoms with E-state index in [0.29, 0.717) is 5.69 Å². The van der Waals surface area contributed by atoms with Crippen LogP contribution in [0.2, 0.25) is 0 Å². The average molecular weight is 273 g/mol. The number of hydrogen-bond donors (Lipinski definition) is 2. The molecule has 1 aromatic heterocycles. The molecule has 0 bridgehead atoms. The molecule has 104 valence electrons. The Bertz CT molecular complexity index is 759. The van der Waals surface area contributed by atoms with Crippen molar-refractivity contribution in [1.29, 1.82) is 0 Å². The molecule has 2 N–H and O–H groups in total. The van der Waals surface area contributed by atoms with Gasteiger partial charge in [0.2, 0.25) is 5.91 Å². The number of aromatic amines is 1. The lowest BCUT2D eigenvalue weighted by molar-refractivity contribution is -0.116. The van der Waals surface area contributed by atoms with Gasteiger partial charge >= 0.3 is 5.69 Å². The van der Waals surface area contributed by atoms with Crippen LogP contribution >= 0.6 is 0 Å². The van der Waals surface area contributed by atoms with Crippen molar-refractivity contribution >= 4 is 11.6 Å². The molecule has 0 spiro atoms. The summed E-state index contributed by atoms with van der Waals surface area (Å²) in [6.07, 6.45) is 1.29. The molecule has 20 heavy (non-hydrogen) atoms. The first-order valence-corrected chi connectivity index (χ1v) is 6.12. The van der Waals surface area contributed by atoms with E-state index in [0.717, 1.165) is 15.7 Å². The topological polar surface area (TPSA) is 84.0 Å². The SMILES string of the molecule is Cc1ccc(NC(=O)Cn2ccc(=O)[nH]c2=O)cc1C. The first-order valence-electron chi connectivity index (χ1n) is 6.12. The second-order valence-electron chi connectivity index (χ2n) is 4.59. The molecule has 2 rings (SSSR count). The maximum absolute atomic E-state index is 11.9. The van der Waals surface area contributed by atoms with Gasteiger partial charge < -0.3 is 5.32 Å². The molecule has 1 aromatic carbocycles. The summed E-state index contributed by atoms with van der Waals surface area (Å²) in [5.41, 5.74) is 1.80. The molecule has 1 amide bonds. The fourth-order valence-corrected chi connectivity index (χ4v) is 1.74. The smallest absolute Gasteiger partial charge is 0.325 e. The van der Waals surface area contributed by atoms with E-state index >= 15 is 0 Å². The van der Waals surface area contributed by atoms with E-state index in [9.17, 15) is 14.4 Å². The lowest BCUT2D eigenvalue weighted by atomic mass is 10.1. The zero-order valence-corrected chi connectivity index (χ0v) is 11.3. The monoisotopic (exact) mass is 273 g/mol. The van der Waals surface area contributed by atoms with Crippen LogP contribution in [0.3, 0.4) is 0 Å². The molecule has 0 aliphatic carbocycles. The Kier molecular flexibility index (Phi) is 3.84. The van der Waals surface area contributed by atoms with Crippen LogP contribution in [-0.4, -0.2) is 15.5 Å². The van der Waals surface area contributed by atoms with Crippen LogP contribution in [0.15, 0.2) is 40.1 Å². The zero-order valence-electron chi connectivity index (χ0n) is 11.3. The molecular formula is C14H15N3O3. The third-order valence-electron chi connectivity index (χ3n) is 3.00. The number of nitrogens with one attached hydrogen (secondary N) is 2. The summed E-state index contributed by atoms with van der Waals surface area (Å²) in [4.78, 5) is 36.3. The van der Waals surface area contributed by atoms with Gasteiger partial charge in [-0.25, -0.2) is 4.79 Å². The quantitative estimate of drug-likeness (QED) is 0.867. The fraction of sp³-hybridized carbons (Fsp3) is 0.214. The predicted octanol–water partition coefficient (Wildman–Crippen LogP) is 0.792. The Hall–Kier alpha value is -2.63. The van der Waals surface area contributed by atoms with E-state index in [1.165, 1.54) is 12.3 Å². The minimum Gasteiger partial charge on any atom is -0.325 e. The van der Waals surface area contributed by atoms with E-state index < -0.39 is 11.2 Å². The Labute approximate surface area is 115 Å². The summed E-state index contributed by atoms with van der Waals surface area (Å²) in [6.45, 7) is 3.79. The number of anilines is 1. The summed E-state index contributed by atoms with van der Waals surface area (Å²) >= 11 is 0. The molecule has 0 atom stereocenters. The van der Waals surface area contributed by atoms with Gasteiger partial charge in [0.25, 0.3) is 5.56 Å². The van der Waals surface area contributed by atoms with Gasteiger partial charge in [0.05, 0.1) is 0 Å². The fourth-order valence-electron chi connectivity index (χ4n) is 1.74. The Morgan fingerprint density at radius 3 is 2.60 bits per heavy atom. The molecule has 0 radical (unpaired) electrons. The molecule has 2 aromatic rings. The normalized spacial score (nSPS) is 10.3. The van der Waals surface area contributed by atoms with Crippen molar-refractivity contribution in [2.45, 2.75) is 20.4 Å². The Morgan fingerprint density at radius 2 is 1.95 bits per heavy atom. The highest BCUT2D eigenvalue weighted by Crippen LogP contribution is 2.13. The van der Waals surface area contributed by atoms with Crippen LogP contribution in [-0.2, 0) is 11.3 Å². The van der Waals surface area contributed by atoms with Gasteiger partial charge in [0, 0.05) is 18.0 Å². The second kappa shape index (κ2) is 5.56. The van der Waals surface area contributed by atoms with Gasteiger partial charge in [-0.2, -0.15) is 0 Å². The molecule has 1 heterocycles. The summed E-state index contributed by atoms with van der Waals surface area (Å²) in [5.74, 6) is -0.331. The van der Waals surface area contributed by atoms with Gasteiger partial charge in [-0.05, 0) is 37.1 Å². The second-order valence-corrected chi connectivity index (χ2v) is 4.59. The van der Waals surface area contributed by atoms with Gasteiger partial charge in [0.15, 0.2) is 0 Å². The molecule has 0 aliphatic heterocycles. The van der Waals surface area contributed by atoms with Crippen LogP contribution in [0.5, 0.6) is 0 Å². The summed E-state index contributed by atoms with van der Waals surface area (Å²) < 4.78 is 1.14. The van der Waals surface area contributed by atoms with Gasteiger partial charge in [0.1, 0.15) is 6.54 Å². The number of aryl methyl sites for hydroxylation is 2. The number of rotatable bonds is 3. The first-order chi connectivity index (χ1) is 9.45. The van der Waals surface area contributed by atoms with Crippen molar-refractivity contribution in [3.8, 4) is 0 Å². The van der Waals surface area contributed by atoms with Crippen LogP contribution < -0.4 is 16.6 Å². The summed E-state index contributed by atoms with van der Waals surface area (Å²) in [5, 5.41) is 2.71. The number of carbonyl (C=O) groups is 1. The van der Waals surface area contributed by atoms with Crippen LogP contribution in [0, 0.1) is 13.8 Å². The van der Waals surface area contributed by atoms with Crippen molar-refractivity contribution in [3.63, 3.8) is 0 Å². The Morgan fingerprint density at radius 1 is 1.20 bits per heavy atom. The highest BCUT2D eigenvalue weighted by atomic mass is 16.2. The van der Waals surface area contributed by atoms with E-state index in [1.54, 1.807) is 6.07 Å². The number of benzene rings is 1. The minimum atomic E-state index is -0.604. The third-order valence-corrected chi connectivity index (χ3v) is 3.00. The van der Waals surface area contributed by atoms with E-state index in [1.807, 2.05) is 26.0 Å². The maximum Gasteiger partial charge on any atom is 0.328 e. The van der Waals surface area contributed by atoms with Crippen molar-refractivity contribution in [3.05, 3.63) is 62.4 Å². The molecule has 6 heteroatoms. The maximum atomic E-state index is 11.9. The number of H-pyrrole nitrogens is 1. The minimum absolute atomic E-state index is 0.150. The standard InChI is InChI=1S/C14H15N3O3/c1-9-3-4-11(7-10(9)2)15-13(19)8-17-6-5-12(18)16-14(17)20/h3-7H,8H2,1-2H3,(H,15,19)(H,16,18,20). The van der Waals surface area contributed by atoms with Crippen molar-refractivity contribution in [2.75, 3.05) is 5.32 Å². The largest absolute Gasteiger partial charge is 0.328 e. The van der Waals surface area contributed by atoms with Crippen LogP contribution in [0.25, 0.3) is 0 Å². The molecule has 0 saturated carbocycles. The van der Waals surface area contributed by atoms with Crippen molar-refractivity contribution in [1.82, 2.24) is 9.55 Å². The van der Waals surface area contributed by atoms with Gasteiger partial charge in [-0.1, -0.05) is 6.07 Å². The van der Waals surface area contributed by atoms with Crippen molar-refractivity contribution in [2.24, 2.45) is 0 Å². The zero-order chi connectivity index (χ0) is 14.7. The number of nitrogens with zero attached hydrogens (tertiary/aromatic N) is 1. The number of amides is 1. The third kappa shape index (κ3) is 3.23. The first kappa shape index (κ1) is 13.8. The predicted molar refractivity (Wildman–Crippen MR) is 75.9 cm³/mol. The van der Waals surface area contributed by atoms with Crippen LogP contribution in [0.1, 0.15) is 11.1 Å². The summed E-state index contributed by atoms with van der Waals surface area (Å²) in [7, 11) is 0. The lowest BCUT2D eigenvalue weighted by Gasteiger charge is -2.08. The number of carbonyl (C=O) groups excluding carboxylic acids is 1. The molecule has 6 nitrogen and oxygen atoms in total. The van der Waals surface area contributed by atoms with Gasteiger partial charge in [-0.15, -0.1) is 0 Å². The van der Waals surface area contributed by atoms with Gasteiger partial charge in [-0.3, -0.25) is 19.1 Å². The highest BCUT2D eigenvalue weighted by molar-refractivity contribution is 5.90. The van der Waals surface area contributed by atoms with Crippen molar-refractivity contribution < 1.29 is 4.79 Å². The van der Waals surface area contributed by atoms with E-state index in [4.69, 9.17) is 0 Å². The number of aromatic nitrogens is 2. The Balaban J connectivity index is 2.10. The number of hydrogen-bond acceptors (Lipinski definition) is 3. The molecule has 0 aliphatic rings. The van der Waals surface area contributed by atoms with Crippen LogP contribution in [0.4, 0.5) is 5.69 Å². The molecule has 0 unspecified atom stereocenters. The van der Waals surface area contributed by atoms with E-state index in [-0.39, 0.29) is 12.5 Å². The molecule has 0 saturated heterocycles. The van der Waals surface area contributed by atoms with E-state index in [2.05, 4.69) is 10.3 Å². The molecular weight excluding hydrogens is 258 g/mol. The average Bonchev–Trinajstić information content (AvgIpc) is 2.37. The lowest BCUT2D eigenvalue weighted by Crippen LogP contribution is -2.32. The summed E-state index contributed by atoms with van der Waals surface area (Å²) in [6, 6.07) is 6.78. The highest BCUT2D eigenvalue weighted by Gasteiger charge is 2.06.